The molecule has 6 nitrogen and oxygen atoms in total. The molecule has 0 aliphatic carbocycles. The lowest BCUT2D eigenvalue weighted by Gasteiger charge is -2.28. The van der Waals surface area contributed by atoms with Gasteiger partial charge in [0.05, 0.1) is 19.3 Å². The lowest BCUT2D eigenvalue weighted by molar-refractivity contribution is -0.170. The monoisotopic (exact) mass is 279 g/mol. The van der Waals surface area contributed by atoms with Crippen molar-refractivity contribution in [2.24, 2.45) is 5.92 Å². The molecule has 2 unspecified atom stereocenters. The first-order valence-electron chi connectivity index (χ1n) is 6.20. The molecule has 1 saturated heterocycles. The van der Waals surface area contributed by atoms with Crippen LogP contribution in [0.4, 0.5) is 0 Å². The molecule has 1 aliphatic rings. The summed E-state index contributed by atoms with van der Waals surface area (Å²) in [7, 11) is -1.83. The van der Waals surface area contributed by atoms with Crippen LogP contribution in [0.15, 0.2) is 0 Å². The molecule has 0 aromatic heterocycles. The molecule has 1 fully saturated rings. The highest BCUT2D eigenvalue weighted by atomic mass is 31.2. The molecule has 2 atom stereocenters. The number of rotatable bonds is 6. The van der Waals surface area contributed by atoms with Crippen molar-refractivity contribution in [1.29, 1.82) is 0 Å². The molecule has 0 saturated carbocycles. The van der Waals surface area contributed by atoms with Gasteiger partial charge in [-0.05, 0) is 19.8 Å². The molecule has 0 aromatic carbocycles. The fourth-order valence-corrected chi connectivity index (χ4v) is 4.58. The molecule has 1 aliphatic heterocycles. The predicted molar refractivity (Wildman–Crippen MR) is 67.1 cm³/mol. The van der Waals surface area contributed by atoms with E-state index < -0.39 is 19.2 Å². The Bertz CT molecular complexity index is 336. The maximum atomic E-state index is 12.7. The van der Waals surface area contributed by atoms with Crippen molar-refractivity contribution in [2.45, 2.75) is 39.4 Å². The Labute approximate surface area is 108 Å². The largest absolute Gasteiger partial charge is 0.367 e. The van der Waals surface area contributed by atoms with Crippen LogP contribution in [-0.2, 0) is 23.2 Å². The minimum Gasteiger partial charge on any atom is -0.367 e. The van der Waals surface area contributed by atoms with Crippen LogP contribution in [0.1, 0.15) is 27.7 Å². The lowest BCUT2D eigenvalue weighted by atomic mass is 10.0. The average molecular weight is 279 g/mol. The molecule has 0 bridgehead atoms. The first-order valence-corrected chi connectivity index (χ1v) is 7.82. The summed E-state index contributed by atoms with van der Waals surface area (Å²) in [6.07, 6.45) is 0. The molecule has 7 heteroatoms. The number of carbonyl (C=O) groups excluding carboxylic acids is 1. The molecular formula is C11H22NO5P. The van der Waals surface area contributed by atoms with Crippen molar-refractivity contribution in [3.05, 3.63) is 0 Å². The van der Waals surface area contributed by atoms with Crippen LogP contribution in [0.25, 0.3) is 0 Å². The van der Waals surface area contributed by atoms with E-state index >= 15 is 0 Å². The molecule has 0 N–H and O–H groups in total. The average Bonchev–Trinajstić information content (AvgIpc) is 2.54. The highest BCUT2D eigenvalue weighted by Gasteiger charge is 2.55. The maximum absolute atomic E-state index is 12.7. The maximum Gasteiger partial charge on any atom is 0.346 e. The molecule has 0 amide bonds. The van der Waals surface area contributed by atoms with Gasteiger partial charge in [-0.1, -0.05) is 13.8 Å². The van der Waals surface area contributed by atoms with E-state index in [9.17, 15) is 9.36 Å². The third kappa shape index (κ3) is 2.94. The van der Waals surface area contributed by atoms with E-state index in [2.05, 4.69) is 0 Å². The van der Waals surface area contributed by atoms with Crippen LogP contribution < -0.4 is 0 Å². The highest BCUT2D eigenvalue weighted by Crippen LogP contribution is 2.57. The van der Waals surface area contributed by atoms with Gasteiger partial charge in [0, 0.05) is 7.05 Å². The first-order chi connectivity index (χ1) is 8.37. The van der Waals surface area contributed by atoms with Gasteiger partial charge in [0.15, 0.2) is 5.66 Å². The quantitative estimate of drug-likeness (QED) is 0.693. The summed E-state index contributed by atoms with van der Waals surface area (Å²) < 4.78 is 23.2. The molecular weight excluding hydrogens is 257 g/mol. The topological polar surface area (TPSA) is 65.1 Å². The first kappa shape index (κ1) is 15.6. The van der Waals surface area contributed by atoms with Crippen LogP contribution >= 0.6 is 7.60 Å². The van der Waals surface area contributed by atoms with Gasteiger partial charge in [-0.3, -0.25) is 4.57 Å². The zero-order valence-corrected chi connectivity index (χ0v) is 12.5. The van der Waals surface area contributed by atoms with Crippen molar-refractivity contribution in [2.75, 3.05) is 20.3 Å². The van der Waals surface area contributed by atoms with Gasteiger partial charge in [-0.15, -0.1) is 5.06 Å². The second-order valence-corrected chi connectivity index (χ2v) is 6.66. The van der Waals surface area contributed by atoms with Gasteiger partial charge < -0.3 is 13.9 Å². The second kappa shape index (κ2) is 6.15. The Kier molecular flexibility index (Phi) is 5.34. The Morgan fingerprint density at radius 3 is 2.22 bits per heavy atom. The number of carbonyl (C=O) groups is 1. The molecule has 1 heterocycles. The van der Waals surface area contributed by atoms with Crippen molar-refractivity contribution in [3.63, 3.8) is 0 Å². The van der Waals surface area contributed by atoms with Crippen LogP contribution in [0.5, 0.6) is 0 Å². The van der Waals surface area contributed by atoms with E-state index in [4.69, 9.17) is 13.9 Å². The summed E-state index contributed by atoms with van der Waals surface area (Å²) in [4.78, 5) is 16.9. The summed E-state index contributed by atoms with van der Waals surface area (Å²) in [6.45, 7) is 7.79. The van der Waals surface area contributed by atoms with E-state index in [1.807, 2.05) is 13.8 Å². The number of nitrogens with zero attached hydrogens (tertiary/aromatic N) is 1. The van der Waals surface area contributed by atoms with Crippen molar-refractivity contribution >= 4 is 13.6 Å². The summed E-state index contributed by atoms with van der Waals surface area (Å²) in [6, 6.07) is -0.304. The van der Waals surface area contributed by atoms with Gasteiger partial charge in [0.1, 0.15) is 0 Å². The molecule has 1 rings (SSSR count). The van der Waals surface area contributed by atoms with Gasteiger partial charge in [-0.25, -0.2) is 4.79 Å². The highest BCUT2D eigenvalue weighted by molar-refractivity contribution is 7.55. The van der Waals surface area contributed by atoms with Gasteiger partial charge in [-0.2, -0.15) is 0 Å². The van der Waals surface area contributed by atoms with Crippen molar-refractivity contribution in [3.8, 4) is 0 Å². The Morgan fingerprint density at radius 1 is 1.33 bits per heavy atom. The minimum absolute atomic E-state index is 0.0979. The second-order valence-electron chi connectivity index (χ2n) is 4.51. The van der Waals surface area contributed by atoms with Crippen LogP contribution in [0.2, 0.25) is 0 Å². The van der Waals surface area contributed by atoms with Crippen LogP contribution in [0.3, 0.4) is 0 Å². The number of hydrogen-bond acceptors (Lipinski definition) is 6. The Balaban J connectivity index is 3.08. The molecule has 106 valence electrons. The van der Waals surface area contributed by atoms with E-state index in [0.29, 0.717) is 0 Å². The summed E-state index contributed by atoms with van der Waals surface area (Å²) in [5.41, 5.74) is -0.873. The SMILES string of the molecule is CCOP(=O)(OCC)C1C(=O)ON(C)C1C(C)C. The fraction of sp³-hybridized carbons (Fsp3) is 0.909. The third-order valence-corrected chi connectivity index (χ3v) is 5.29. The molecule has 0 spiro atoms. The smallest absolute Gasteiger partial charge is 0.346 e. The van der Waals surface area contributed by atoms with E-state index in [1.165, 1.54) is 5.06 Å². The zero-order valence-electron chi connectivity index (χ0n) is 11.6. The van der Waals surface area contributed by atoms with Gasteiger partial charge >= 0.3 is 13.6 Å². The summed E-state index contributed by atoms with van der Waals surface area (Å²) in [5.74, 6) is -0.442. The van der Waals surface area contributed by atoms with Crippen molar-refractivity contribution < 1.29 is 23.2 Å². The van der Waals surface area contributed by atoms with Gasteiger partial charge in [0.25, 0.3) is 0 Å². The standard InChI is InChI=1S/C11H22NO5P/c1-6-15-18(14,16-7-2)10-9(8(3)4)12(5)17-11(10)13/h8-10H,6-7H2,1-5H3. The summed E-state index contributed by atoms with van der Waals surface area (Å²) in [5, 5.41) is 1.45. The number of hydroxylamine groups is 2. The molecule has 0 radical (unpaired) electrons. The van der Waals surface area contributed by atoms with Crippen molar-refractivity contribution in [1.82, 2.24) is 5.06 Å². The van der Waals surface area contributed by atoms with Crippen LogP contribution in [-0.4, -0.2) is 43.0 Å². The van der Waals surface area contributed by atoms with E-state index in [0.717, 1.165) is 0 Å². The van der Waals surface area contributed by atoms with E-state index in [-0.39, 0.29) is 25.2 Å². The number of hydrogen-bond donors (Lipinski definition) is 0. The zero-order chi connectivity index (χ0) is 13.9. The Morgan fingerprint density at radius 2 is 1.83 bits per heavy atom. The predicted octanol–water partition coefficient (Wildman–Crippen LogP) is 2.05. The lowest BCUT2D eigenvalue weighted by Crippen LogP contribution is -2.38. The Hall–Kier alpha value is -0.420. The van der Waals surface area contributed by atoms with E-state index in [1.54, 1.807) is 20.9 Å². The summed E-state index contributed by atoms with van der Waals surface area (Å²) >= 11 is 0. The fourth-order valence-electron chi connectivity index (χ4n) is 2.25. The molecule has 0 aromatic rings. The van der Waals surface area contributed by atoms with Gasteiger partial charge in [0.2, 0.25) is 0 Å². The minimum atomic E-state index is -3.49. The van der Waals surface area contributed by atoms with Crippen LogP contribution in [0, 0.1) is 5.92 Å². The normalized spacial score (nSPS) is 25.8. The molecule has 18 heavy (non-hydrogen) atoms. The third-order valence-electron chi connectivity index (χ3n) is 2.86.